The van der Waals surface area contributed by atoms with E-state index in [1.807, 2.05) is 37.3 Å². The van der Waals surface area contributed by atoms with Gasteiger partial charge in [-0.15, -0.1) is 10.2 Å². The van der Waals surface area contributed by atoms with E-state index in [1.165, 1.54) is 33.6 Å². The quantitative estimate of drug-likeness (QED) is 0.0610. The number of carbonyl (C=O) groups is 2. The first kappa shape index (κ1) is 28.7. The minimum Gasteiger partial charge on any atom is -0.507 e. The third-order valence-corrected chi connectivity index (χ3v) is 9.18. The molecule has 1 saturated heterocycles. The molecule has 1 fully saturated rings. The summed E-state index contributed by atoms with van der Waals surface area (Å²) < 4.78 is 6.69. The summed E-state index contributed by atoms with van der Waals surface area (Å²) in [5.41, 5.74) is 3.17. The van der Waals surface area contributed by atoms with Crippen LogP contribution in [0.3, 0.4) is 0 Å². The van der Waals surface area contributed by atoms with Crippen molar-refractivity contribution in [3.63, 3.8) is 0 Å². The van der Waals surface area contributed by atoms with Crippen LogP contribution < -0.4 is 9.64 Å². The van der Waals surface area contributed by atoms with E-state index in [9.17, 15) is 14.7 Å². The molecule has 10 heteroatoms. The Morgan fingerprint density at radius 2 is 1.65 bits per heavy atom. The van der Waals surface area contributed by atoms with Crippen molar-refractivity contribution in [2.24, 2.45) is 0 Å². The smallest absolute Gasteiger partial charge is 0.301 e. The second-order valence-electron chi connectivity index (χ2n) is 9.79. The molecular weight excluding hydrogens is 602 g/mol. The van der Waals surface area contributed by atoms with Gasteiger partial charge in [-0.1, -0.05) is 94.9 Å². The zero-order chi connectivity index (χ0) is 29.9. The van der Waals surface area contributed by atoms with Gasteiger partial charge in [-0.05, 0) is 66.6 Å². The van der Waals surface area contributed by atoms with Crippen molar-refractivity contribution in [2.75, 3.05) is 4.90 Å². The summed E-state index contributed by atoms with van der Waals surface area (Å²) in [6.07, 6.45) is 0. The van der Waals surface area contributed by atoms with Gasteiger partial charge in [0.25, 0.3) is 5.78 Å². The van der Waals surface area contributed by atoms with Crippen molar-refractivity contribution in [2.45, 2.75) is 23.1 Å². The highest BCUT2D eigenvalue weighted by Crippen LogP contribution is 2.45. The van der Waals surface area contributed by atoms with Crippen LogP contribution in [0.4, 0.5) is 5.13 Å². The lowest BCUT2D eigenvalue weighted by atomic mass is 9.95. The Hall–Kier alpha value is -4.44. The van der Waals surface area contributed by atoms with Crippen LogP contribution in [-0.4, -0.2) is 27.0 Å². The topological polar surface area (TPSA) is 92.6 Å². The number of Topliss-reactive ketones (excluding diaryl/α,β-unsaturated/α-hetero) is 1. The average molecular weight is 626 g/mol. The fourth-order valence-corrected chi connectivity index (χ4v) is 6.62. The fraction of sp³-hybridized carbons (Fsp3) is 0.0909. The molecule has 1 atom stereocenters. The largest absolute Gasteiger partial charge is 0.507 e. The molecule has 2 heterocycles. The number of para-hydroxylation sites is 1. The highest BCUT2D eigenvalue weighted by Gasteiger charge is 2.48. The average Bonchev–Trinajstić information content (AvgIpc) is 3.59. The summed E-state index contributed by atoms with van der Waals surface area (Å²) in [5, 5.41) is 20.7. The maximum atomic E-state index is 13.6. The number of ketones is 1. The number of hydrogen-bond donors (Lipinski definition) is 1. The lowest BCUT2D eigenvalue weighted by Gasteiger charge is -2.23. The minimum atomic E-state index is -0.974. The first-order chi connectivity index (χ1) is 20.9. The molecule has 1 aliphatic heterocycles. The van der Waals surface area contributed by atoms with Crippen molar-refractivity contribution in [1.82, 2.24) is 10.2 Å². The van der Waals surface area contributed by atoms with Gasteiger partial charge in [-0.2, -0.15) is 0 Å². The summed E-state index contributed by atoms with van der Waals surface area (Å²) in [4.78, 5) is 28.5. The first-order valence-electron chi connectivity index (χ1n) is 13.3. The van der Waals surface area contributed by atoms with E-state index in [0.29, 0.717) is 37.7 Å². The Morgan fingerprint density at radius 3 is 2.40 bits per heavy atom. The molecule has 4 aromatic carbocycles. The fourth-order valence-electron chi connectivity index (χ4n) is 4.67. The predicted molar refractivity (Wildman–Crippen MR) is 170 cm³/mol. The van der Waals surface area contributed by atoms with Crippen LogP contribution in [-0.2, 0) is 15.3 Å². The standard InChI is InChI=1S/C33H24ClN3O4S2/c1-20-10-12-21(13-11-20)19-42-33-36-35-32(43-33)37-28(23-6-5-9-26(18-23)41-25-7-3-2-4-8-25)27(30(39)31(37)40)29(38)22-14-16-24(34)17-15-22/h2-18,28,38H,19H2,1H3/b29-27-. The number of hydrogen-bond acceptors (Lipinski definition) is 8. The number of thioether (sulfide) groups is 1. The molecule has 5 aromatic rings. The van der Waals surface area contributed by atoms with Gasteiger partial charge >= 0.3 is 5.91 Å². The van der Waals surface area contributed by atoms with Crippen LogP contribution in [0.5, 0.6) is 11.5 Å². The van der Waals surface area contributed by atoms with E-state index < -0.39 is 17.7 Å². The number of halogens is 1. The molecule has 1 N–H and O–H groups in total. The monoisotopic (exact) mass is 625 g/mol. The van der Waals surface area contributed by atoms with Gasteiger partial charge in [0.1, 0.15) is 17.3 Å². The van der Waals surface area contributed by atoms with Gasteiger partial charge in [0, 0.05) is 16.3 Å². The first-order valence-corrected chi connectivity index (χ1v) is 15.5. The van der Waals surface area contributed by atoms with Gasteiger partial charge in [-0.3, -0.25) is 14.5 Å². The second kappa shape index (κ2) is 12.4. The molecule has 7 nitrogen and oxygen atoms in total. The molecule has 0 saturated carbocycles. The third-order valence-electron chi connectivity index (χ3n) is 6.80. The zero-order valence-corrected chi connectivity index (χ0v) is 25.2. The number of rotatable bonds is 8. The van der Waals surface area contributed by atoms with Gasteiger partial charge in [0.2, 0.25) is 5.13 Å². The van der Waals surface area contributed by atoms with Crippen molar-refractivity contribution in [1.29, 1.82) is 0 Å². The Morgan fingerprint density at radius 1 is 0.930 bits per heavy atom. The summed E-state index contributed by atoms with van der Waals surface area (Å²) in [6.45, 7) is 2.04. The highest BCUT2D eigenvalue weighted by atomic mass is 35.5. The number of carbonyl (C=O) groups excluding carboxylic acids is 2. The van der Waals surface area contributed by atoms with E-state index in [4.69, 9.17) is 16.3 Å². The summed E-state index contributed by atoms with van der Waals surface area (Å²) in [6, 6.07) is 30.0. The molecule has 1 aliphatic rings. The third kappa shape index (κ3) is 6.19. The number of aliphatic hydroxyl groups excluding tert-OH is 1. The second-order valence-corrected chi connectivity index (χ2v) is 12.4. The van der Waals surface area contributed by atoms with E-state index >= 15 is 0 Å². The molecule has 1 unspecified atom stereocenters. The molecule has 43 heavy (non-hydrogen) atoms. The Bertz CT molecular complexity index is 1820. The van der Waals surface area contributed by atoms with Crippen LogP contribution in [0.2, 0.25) is 5.02 Å². The number of nitrogens with zero attached hydrogens (tertiary/aromatic N) is 3. The Kier molecular flexibility index (Phi) is 8.29. The van der Waals surface area contributed by atoms with Gasteiger partial charge in [0.15, 0.2) is 4.34 Å². The maximum absolute atomic E-state index is 13.6. The number of ether oxygens (including phenoxy) is 1. The van der Waals surface area contributed by atoms with Crippen LogP contribution in [0.25, 0.3) is 5.76 Å². The maximum Gasteiger partial charge on any atom is 0.301 e. The van der Waals surface area contributed by atoms with Gasteiger partial charge in [-0.25, -0.2) is 0 Å². The van der Waals surface area contributed by atoms with E-state index in [1.54, 1.807) is 48.5 Å². The lowest BCUT2D eigenvalue weighted by molar-refractivity contribution is -0.132. The van der Waals surface area contributed by atoms with Gasteiger partial charge < -0.3 is 9.84 Å². The molecule has 0 bridgehead atoms. The normalized spacial score (nSPS) is 16.0. The SMILES string of the molecule is Cc1ccc(CSc2nnc(N3C(=O)C(=O)/C(=C(\O)c4ccc(Cl)cc4)C3c3cccc(Oc4ccccc4)c3)s2)cc1. The molecule has 6 rings (SSSR count). The molecule has 0 aliphatic carbocycles. The number of anilines is 1. The summed E-state index contributed by atoms with van der Waals surface area (Å²) in [7, 11) is 0. The van der Waals surface area contributed by atoms with Gasteiger partial charge in [0.05, 0.1) is 11.6 Å². The number of amides is 1. The van der Waals surface area contributed by atoms with Crippen LogP contribution >= 0.6 is 34.7 Å². The van der Waals surface area contributed by atoms with Crippen LogP contribution in [0.15, 0.2) is 113 Å². The molecule has 214 valence electrons. The van der Waals surface area contributed by atoms with Crippen LogP contribution in [0, 0.1) is 6.92 Å². The molecule has 1 amide bonds. The Balaban J connectivity index is 1.39. The predicted octanol–water partition coefficient (Wildman–Crippen LogP) is 8.21. The highest BCUT2D eigenvalue weighted by molar-refractivity contribution is 8.00. The van der Waals surface area contributed by atoms with E-state index in [0.717, 1.165) is 5.56 Å². The molecule has 0 spiro atoms. The van der Waals surface area contributed by atoms with E-state index in [-0.39, 0.29) is 16.5 Å². The van der Waals surface area contributed by atoms with Crippen molar-refractivity contribution in [3.8, 4) is 11.5 Å². The minimum absolute atomic E-state index is 0.0618. The number of benzene rings is 4. The number of aliphatic hydroxyl groups is 1. The summed E-state index contributed by atoms with van der Waals surface area (Å²) in [5.74, 6) is -0.124. The molecular formula is C33H24ClN3O4S2. The molecule has 0 radical (unpaired) electrons. The number of aryl methyl sites for hydroxylation is 1. The van der Waals surface area contributed by atoms with Crippen LogP contribution in [0.1, 0.15) is 28.3 Å². The zero-order valence-electron chi connectivity index (χ0n) is 22.8. The van der Waals surface area contributed by atoms with E-state index in [2.05, 4.69) is 34.5 Å². The van der Waals surface area contributed by atoms with Crippen molar-refractivity contribution in [3.05, 3.63) is 136 Å². The Labute approximate surface area is 261 Å². The lowest BCUT2D eigenvalue weighted by Crippen LogP contribution is -2.29. The van der Waals surface area contributed by atoms with Crippen molar-refractivity contribution < 1.29 is 19.4 Å². The summed E-state index contributed by atoms with van der Waals surface area (Å²) >= 11 is 8.77. The molecule has 1 aromatic heterocycles. The van der Waals surface area contributed by atoms with Crippen molar-refractivity contribution >= 4 is 57.3 Å². The number of aromatic nitrogens is 2.